The van der Waals surface area contributed by atoms with Crippen LogP contribution in [-0.2, 0) is 11.2 Å². The van der Waals surface area contributed by atoms with Crippen molar-refractivity contribution in [2.45, 2.75) is 6.42 Å². The van der Waals surface area contributed by atoms with E-state index in [1.807, 2.05) is 12.1 Å². The highest BCUT2D eigenvalue weighted by Crippen LogP contribution is 2.35. The summed E-state index contributed by atoms with van der Waals surface area (Å²) in [7, 11) is 0. The quantitative estimate of drug-likeness (QED) is 0.393. The van der Waals surface area contributed by atoms with E-state index in [9.17, 15) is 14.4 Å². The molecule has 0 fully saturated rings. The second kappa shape index (κ2) is 8.54. The van der Waals surface area contributed by atoms with Crippen molar-refractivity contribution in [1.82, 2.24) is 15.3 Å². The number of hydrogen-bond acceptors (Lipinski definition) is 4. The first kappa shape index (κ1) is 19.9. The second-order valence-electron chi connectivity index (χ2n) is 6.97. The number of nitrogens with zero attached hydrogens (tertiary/aromatic N) is 1. The van der Waals surface area contributed by atoms with Crippen LogP contribution >= 0.6 is 0 Å². The third-order valence-electron chi connectivity index (χ3n) is 4.79. The van der Waals surface area contributed by atoms with Gasteiger partial charge in [-0.25, -0.2) is 4.79 Å². The van der Waals surface area contributed by atoms with Gasteiger partial charge in [0.15, 0.2) is 0 Å². The van der Waals surface area contributed by atoms with Gasteiger partial charge in [0.25, 0.3) is 11.8 Å². The van der Waals surface area contributed by atoms with Gasteiger partial charge in [-0.15, -0.1) is 0 Å². The van der Waals surface area contributed by atoms with E-state index in [1.165, 1.54) is 0 Å². The number of primary amides is 1. The van der Waals surface area contributed by atoms with Crippen molar-refractivity contribution in [2.24, 2.45) is 5.73 Å². The SMILES string of the molecule is NC(=O)Nc1ccc2c(c1)/C(=C/c1cc(C(=O)NCCc3ccncc3)c[nH]1)C(=O)N2. The zero-order valence-corrected chi connectivity index (χ0v) is 16.4. The third-order valence-corrected chi connectivity index (χ3v) is 4.79. The summed E-state index contributed by atoms with van der Waals surface area (Å²) in [6.45, 7) is 0.496. The van der Waals surface area contributed by atoms with Crippen molar-refractivity contribution in [2.75, 3.05) is 17.2 Å². The van der Waals surface area contributed by atoms with Crippen LogP contribution < -0.4 is 21.7 Å². The Morgan fingerprint density at radius 2 is 1.94 bits per heavy atom. The minimum Gasteiger partial charge on any atom is -0.361 e. The Hall–Kier alpha value is -4.40. The van der Waals surface area contributed by atoms with Gasteiger partial charge in [0.2, 0.25) is 0 Å². The number of H-pyrrole nitrogens is 1. The molecule has 2 aromatic heterocycles. The Bertz CT molecular complexity index is 1180. The molecule has 0 bridgehead atoms. The van der Waals surface area contributed by atoms with E-state index in [1.54, 1.807) is 48.9 Å². The number of hydrogen-bond donors (Lipinski definition) is 5. The number of carbonyl (C=O) groups excluding carboxylic acids is 3. The van der Waals surface area contributed by atoms with Gasteiger partial charge < -0.3 is 26.7 Å². The molecule has 156 valence electrons. The van der Waals surface area contributed by atoms with Crippen molar-refractivity contribution in [1.29, 1.82) is 0 Å². The molecule has 0 radical (unpaired) electrons. The van der Waals surface area contributed by atoms with Crippen molar-refractivity contribution in [3.63, 3.8) is 0 Å². The number of aromatic amines is 1. The number of aromatic nitrogens is 2. The van der Waals surface area contributed by atoms with Gasteiger partial charge in [0.1, 0.15) is 0 Å². The molecule has 3 aromatic rings. The normalized spacial score (nSPS) is 13.5. The maximum absolute atomic E-state index is 12.4. The molecule has 1 aromatic carbocycles. The van der Waals surface area contributed by atoms with Gasteiger partial charge in [0, 0.05) is 47.8 Å². The molecule has 0 atom stereocenters. The van der Waals surface area contributed by atoms with Crippen LogP contribution in [0.1, 0.15) is 27.2 Å². The molecular formula is C22H20N6O3. The lowest BCUT2D eigenvalue weighted by Gasteiger charge is -2.04. The maximum atomic E-state index is 12.4. The highest BCUT2D eigenvalue weighted by atomic mass is 16.2. The fraction of sp³-hybridized carbons (Fsp3) is 0.0909. The largest absolute Gasteiger partial charge is 0.361 e. The summed E-state index contributed by atoms with van der Waals surface area (Å²) in [5, 5.41) is 8.14. The summed E-state index contributed by atoms with van der Waals surface area (Å²) >= 11 is 0. The van der Waals surface area contributed by atoms with Crippen LogP contribution in [-0.4, -0.2) is 34.4 Å². The van der Waals surface area contributed by atoms with E-state index < -0.39 is 6.03 Å². The van der Waals surface area contributed by atoms with Crippen LogP contribution in [0.3, 0.4) is 0 Å². The number of fused-ring (bicyclic) bond motifs is 1. The number of carbonyl (C=O) groups is 3. The minimum atomic E-state index is -0.688. The number of urea groups is 1. The Morgan fingerprint density at radius 1 is 1.13 bits per heavy atom. The first-order valence-electron chi connectivity index (χ1n) is 9.59. The summed E-state index contributed by atoms with van der Waals surface area (Å²) in [6.07, 6.45) is 7.38. The molecule has 4 amide bonds. The molecule has 0 saturated heterocycles. The predicted molar refractivity (Wildman–Crippen MR) is 117 cm³/mol. The molecule has 0 unspecified atom stereocenters. The van der Waals surface area contributed by atoms with E-state index in [4.69, 9.17) is 5.73 Å². The van der Waals surface area contributed by atoms with Gasteiger partial charge in [-0.1, -0.05) is 0 Å². The standard InChI is InChI=1S/C22H20N6O3/c23-22(31)27-15-1-2-19-17(10-15)18(21(30)28-19)11-16-9-14(12-26-16)20(29)25-8-5-13-3-6-24-7-4-13/h1-4,6-7,9-12,26H,5,8H2,(H,25,29)(H,28,30)(H3,23,27,31)/b18-11-. The highest BCUT2D eigenvalue weighted by Gasteiger charge is 2.25. The molecule has 1 aliphatic heterocycles. The van der Waals surface area contributed by atoms with E-state index in [-0.39, 0.29) is 11.8 Å². The average molecular weight is 416 g/mol. The molecule has 9 heteroatoms. The Labute approximate surface area is 177 Å². The fourth-order valence-corrected chi connectivity index (χ4v) is 3.31. The van der Waals surface area contributed by atoms with E-state index in [0.717, 1.165) is 5.56 Å². The lowest BCUT2D eigenvalue weighted by atomic mass is 10.1. The monoisotopic (exact) mass is 416 g/mol. The van der Waals surface area contributed by atoms with Crippen molar-refractivity contribution < 1.29 is 14.4 Å². The molecule has 0 saturated carbocycles. The number of benzene rings is 1. The topological polar surface area (TPSA) is 142 Å². The van der Waals surface area contributed by atoms with Crippen LogP contribution in [0.25, 0.3) is 11.6 Å². The zero-order chi connectivity index (χ0) is 21.8. The molecule has 4 rings (SSSR count). The maximum Gasteiger partial charge on any atom is 0.316 e. The van der Waals surface area contributed by atoms with Gasteiger partial charge >= 0.3 is 6.03 Å². The highest BCUT2D eigenvalue weighted by molar-refractivity contribution is 6.35. The third kappa shape index (κ3) is 4.61. The predicted octanol–water partition coefficient (Wildman–Crippen LogP) is 2.37. The van der Waals surface area contributed by atoms with E-state index >= 15 is 0 Å². The first-order chi connectivity index (χ1) is 15.0. The molecule has 3 heterocycles. The summed E-state index contributed by atoms with van der Waals surface area (Å²) in [5.41, 5.74) is 9.47. The van der Waals surface area contributed by atoms with Crippen molar-refractivity contribution in [3.8, 4) is 0 Å². The zero-order valence-electron chi connectivity index (χ0n) is 16.4. The Balaban J connectivity index is 1.46. The Morgan fingerprint density at radius 3 is 2.71 bits per heavy atom. The van der Waals surface area contributed by atoms with Crippen LogP contribution in [0.15, 0.2) is 55.0 Å². The molecular weight excluding hydrogens is 396 g/mol. The van der Waals surface area contributed by atoms with E-state index in [2.05, 4.69) is 25.9 Å². The lowest BCUT2D eigenvalue weighted by Crippen LogP contribution is -2.25. The smallest absolute Gasteiger partial charge is 0.316 e. The minimum absolute atomic E-state index is 0.209. The summed E-state index contributed by atoms with van der Waals surface area (Å²) < 4.78 is 0. The number of anilines is 2. The first-order valence-corrected chi connectivity index (χ1v) is 9.59. The van der Waals surface area contributed by atoms with Crippen molar-refractivity contribution >= 4 is 40.9 Å². The molecule has 1 aliphatic rings. The van der Waals surface area contributed by atoms with Gasteiger partial charge in [-0.3, -0.25) is 14.6 Å². The summed E-state index contributed by atoms with van der Waals surface area (Å²) in [6, 6.07) is 9.80. The molecule has 9 nitrogen and oxygen atoms in total. The van der Waals surface area contributed by atoms with Crippen LogP contribution in [0.5, 0.6) is 0 Å². The fourth-order valence-electron chi connectivity index (χ4n) is 3.31. The number of nitrogens with two attached hydrogens (primary N) is 1. The second-order valence-corrected chi connectivity index (χ2v) is 6.97. The molecule has 6 N–H and O–H groups in total. The molecule has 31 heavy (non-hydrogen) atoms. The average Bonchev–Trinajstić information content (AvgIpc) is 3.33. The number of rotatable bonds is 6. The Kier molecular flexibility index (Phi) is 5.48. The lowest BCUT2D eigenvalue weighted by molar-refractivity contribution is -0.110. The number of amides is 4. The van der Waals surface area contributed by atoms with Gasteiger partial charge in [-0.2, -0.15) is 0 Å². The number of nitrogens with one attached hydrogen (secondary N) is 4. The van der Waals surface area contributed by atoms with E-state index in [0.29, 0.717) is 46.7 Å². The molecule has 0 spiro atoms. The summed E-state index contributed by atoms with van der Waals surface area (Å²) in [4.78, 5) is 42.9. The molecule has 0 aliphatic carbocycles. The van der Waals surface area contributed by atoms with Crippen LogP contribution in [0, 0.1) is 0 Å². The van der Waals surface area contributed by atoms with Crippen molar-refractivity contribution in [3.05, 3.63) is 77.4 Å². The van der Waals surface area contributed by atoms with Gasteiger partial charge in [-0.05, 0) is 54.5 Å². The van der Waals surface area contributed by atoms with Gasteiger partial charge in [0.05, 0.1) is 11.1 Å². The van der Waals surface area contributed by atoms with Crippen LogP contribution in [0.4, 0.5) is 16.2 Å². The van der Waals surface area contributed by atoms with Crippen LogP contribution in [0.2, 0.25) is 0 Å². The summed E-state index contributed by atoms with van der Waals surface area (Å²) in [5.74, 6) is -0.483. The number of pyridine rings is 1.